The molecule has 6 heteroatoms. The van der Waals surface area contributed by atoms with E-state index in [9.17, 15) is 4.79 Å². The lowest BCUT2D eigenvalue weighted by Crippen LogP contribution is -2.58. The number of aromatic nitrogens is 2. The lowest BCUT2D eigenvalue weighted by Gasteiger charge is -2.62. The monoisotopic (exact) mass is 378 g/mol. The molecular formula is C17H23BrN4O. The van der Waals surface area contributed by atoms with E-state index in [2.05, 4.69) is 47.1 Å². The van der Waals surface area contributed by atoms with E-state index in [0.717, 1.165) is 23.9 Å². The molecule has 4 rings (SSSR count). The normalized spacial score (nSPS) is 31.1. The van der Waals surface area contributed by atoms with Gasteiger partial charge in [-0.3, -0.25) is 4.79 Å². The zero-order valence-corrected chi connectivity index (χ0v) is 15.4. The fourth-order valence-corrected chi connectivity index (χ4v) is 4.84. The Labute approximate surface area is 145 Å². The van der Waals surface area contributed by atoms with E-state index in [-0.39, 0.29) is 12.0 Å². The number of rotatable bonds is 4. The summed E-state index contributed by atoms with van der Waals surface area (Å²) in [7, 11) is 0. The predicted molar refractivity (Wildman–Crippen MR) is 93.0 cm³/mol. The van der Waals surface area contributed by atoms with Gasteiger partial charge >= 0.3 is 0 Å². The van der Waals surface area contributed by atoms with Crippen molar-refractivity contribution >= 4 is 21.6 Å². The van der Waals surface area contributed by atoms with Crippen LogP contribution in [0.4, 0.5) is 5.69 Å². The highest BCUT2D eigenvalue weighted by Gasteiger charge is 2.56. The van der Waals surface area contributed by atoms with E-state index in [0.29, 0.717) is 28.4 Å². The Morgan fingerprint density at radius 3 is 2.87 bits per heavy atom. The van der Waals surface area contributed by atoms with E-state index in [1.54, 1.807) is 6.20 Å². The van der Waals surface area contributed by atoms with Crippen LogP contribution in [0.2, 0.25) is 0 Å². The third-order valence-corrected chi connectivity index (χ3v) is 6.88. The van der Waals surface area contributed by atoms with Crippen molar-refractivity contribution in [3.8, 4) is 6.07 Å². The molecule has 0 unspecified atom stereocenters. The largest absolute Gasteiger partial charge is 0.380 e. The van der Waals surface area contributed by atoms with E-state index < -0.39 is 0 Å². The smallest absolute Gasteiger partial charge is 0.283 e. The van der Waals surface area contributed by atoms with Gasteiger partial charge in [0.05, 0.1) is 30.9 Å². The minimum atomic E-state index is -0.181. The van der Waals surface area contributed by atoms with E-state index in [1.165, 1.54) is 11.1 Å². The first-order valence-corrected chi connectivity index (χ1v) is 9.04. The molecule has 23 heavy (non-hydrogen) atoms. The Morgan fingerprint density at radius 1 is 1.52 bits per heavy atom. The maximum absolute atomic E-state index is 12.3. The van der Waals surface area contributed by atoms with Gasteiger partial charge in [0.25, 0.3) is 5.56 Å². The second kappa shape index (κ2) is 5.94. The molecule has 0 aliphatic heterocycles. The number of halogens is 1. The number of nitrogens with zero attached hydrogens (tertiary/aromatic N) is 3. The highest BCUT2D eigenvalue weighted by molar-refractivity contribution is 9.10. The van der Waals surface area contributed by atoms with Crippen molar-refractivity contribution in [2.45, 2.75) is 52.6 Å². The molecule has 3 saturated carbocycles. The lowest BCUT2D eigenvalue weighted by molar-refractivity contribution is -0.105. The Hall–Kier alpha value is -1.35. The molecule has 0 aromatic carbocycles. The number of anilines is 1. The van der Waals surface area contributed by atoms with Crippen molar-refractivity contribution in [3.05, 3.63) is 21.0 Å². The van der Waals surface area contributed by atoms with Gasteiger partial charge in [-0.2, -0.15) is 10.4 Å². The number of hydrogen-bond acceptors (Lipinski definition) is 4. The number of fused-ring (bicyclic) bond motifs is 2. The molecule has 5 nitrogen and oxygen atoms in total. The Kier molecular flexibility index (Phi) is 4.26. The molecule has 0 amide bonds. The van der Waals surface area contributed by atoms with Crippen LogP contribution in [-0.4, -0.2) is 15.8 Å². The van der Waals surface area contributed by atoms with Crippen LogP contribution in [0, 0.1) is 34.5 Å². The van der Waals surface area contributed by atoms with Crippen LogP contribution in [0.15, 0.2) is 15.5 Å². The van der Waals surface area contributed by atoms with Crippen molar-refractivity contribution < 1.29 is 0 Å². The van der Waals surface area contributed by atoms with E-state index in [4.69, 9.17) is 5.26 Å². The number of hydrogen-bond donors (Lipinski definition) is 1. The van der Waals surface area contributed by atoms with Crippen molar-refractivity contribution in [2.75, 3.05) is 5.32 Å². The zero-order chi connectivity index (χ0) is 16.8. The molecule has 3 aliphatic rings. The second-order valence-electron chi connectivity index (χ2n) is 7.51. The number of nitrogens with one attached hydrogen (secondary N) is 1. The third-order valence-electron chi connectivity index (χ3n) is 6.12. The third kappa shape index (κ3) is 2.69. The molecule has 0 saturated heterocycles. The lowest BCUT2D eigenvalue weighted by atomic mass is 9.45. The summed E-state index contributed by atoms with van der Waals surface area (Å²) in [6.45, 7) is 7.40. The maximum atomic E-state index is 12.3. The Morgan fingerprint density at radius 2 is 2.26 bits per heavy atom. The van der Waals surface area contributed by atoms with Crippen molar-refractivity contribution in [1.29, 1.82) is 5.26 Å². The van der Waals surface area contributed by atoms with Gasteiger partial charge in [0.1, 0.15) is 4.47 Å². The SMILES string of the molecule is C[C@@H]1[C@H]2C[C@@H](C[C@H]1Nc1cnn(CCC#N)c(=O)c1Br)C2(C)C. The number of nitriles is 1. The van der Waals surface area contributed by atoms with Crippen molar-refractivity contribution in [2.24, 2.45) is 23.2 Å². The molecular weight excluding hydrogens is 356 g/mol. The average Bonchev–Trinajstić information content (AvgIpc) is 2.52. The van der Waals surface area contributed by atoms with Gasteiger partial charge in [-0.15, -0.1) is 0 Å². The highest BCUT2D eigenvalue weighted by atomic mass is 79.9. The van der Waals surface area contributed by atoms with Crippen LogP contribution in [0.5, 0.6) is 0 Å². The van der Waals surface area contributed by atoms with Crippen molar-refractivity contribution in [3.63, 3.8) is 0 Å². The quantitative estimate of drug-likeness (QED) is 0.871. The molecule has 3 aliphatic carbocycles. The molecule has 2 bridgehead atoms. The summed E-state index contributed by atoms with van der Waals surface area (Å²) in [5.74, 6) is 2.10. The summed E-state index contributed by atoms with van der Waals surface area (Å²) < 4.78 is 1.85. The molecule has 1 aromatic heterocycles. The Bertz CT molecular complexity index is 706. The molecule has 4 atom stereocenters. The van der Waals surface area contributed by atoms with Crippen LogP contribution in [0.25, 0.3) is 0 Å². The standard InChI is InChI=1S/C17H23BrN4O/c1-10-12-7-11(17(12,2)3)8-13(10)21-14-9-20-22(6-4-5-19)16(23)15(14)18/h9-13,21H,4,6-8H2,1-3H3/t10-,11+,12-,13-/m1/s1. The topological polar surface area (TPSA) is 70.7 Å². The van der Waals surface area contributed by atoms with Crippen LogP contribution in [0.3, 0.4) is 0 Å². The summed E-state index contributed by atoms with van der Waals surface area (Å²) in [6, 6.07) is 2.42. The first kappa shape index (κ1) is 16.5. The highest BCUT2D eigenvalue weighted by Crippen LogP contribution is 2.61. The van der Waals surface area contributed by atoms with Gasteiger partial charge < -0.3 is 5.32 Å². The first-order valence-electron chi connectivity index (χ1n) is 8.25. The number of aryl methyl sites for hydroxylation is 1. The zero-order valence-electron chi connectivity index (χ0n) is 13.8. The average molecular weight is 379 g/mol. The van der Waals surface area contributed by atoms with Gasteiger partial charge in [-0.25, -0.2) is 4.68 Å². The molecule has 3 fully saturated rings. The van der Waals surface area contributed by atoms with Crippen LogP contribution in [-0.2, 0) is 6.54 Å². The van der Waals surface area contributed by atoms with E-state index in [1.807, 2.05) is 6.07 Å². The van der Waals surface area contributed by atoms with Gasteiger partial charge in [0, 0.05) is 6.04 Å². The minimum absolute atomic E-state index is 0.181. The van der Waals surface area contributed by atoms with Crippen LogP contribution in [0.1, 0.15) is 40.0 Å². The molecule has 1 N–H and O–H groups in total. The summed E-state index contributed by atoms with van der Waals surface area (Å²) in [5, 5.41) is 16.4. The van der Waals surface area contributed by atoms with E-state index >= 15 is 0 Å². The van der Waals surface area contributed by atoms with Crippen LogP contribution >= 0.6 is 15.9 Å². The Balaban J connectivity index is 1.76. The molecule has 124 valence electrons. The summed E-state index contributed by atoms with van der Waals surface area (Å²) in [6.07, 6.45) is 4.46. The summed E-state index contributed by atoms with van der Waals surface area (Å²) >= 11 is 3.40. The van der Waals surface area contributed by atoms with Gasteiger partial charge in [0.2, 0.25) is 0 Å². The second-order valence-corrected chi connectivity index (χ2v) is 8.31. The maximum Gasteiger partial charge on any atom is 0.283 e. The van der Waals surface area contributed by atoms with Crippen molar-refractivity contribution in [1.82, 2.24) is 9.78 Å². The molecule has 1 heterocycles. The fourth-order valence-electron chi connectivity index (χ4n) is 4.42. The fraction of sp³-hybridized carbons (Fsp3) is 0.706. The van der Waals surface area contributed by atoms with Gasteiger partial charge in [-0.05, 0) is 51.9 Å². The molecule has 1 aromatic rings. The molecule has 0 spiro atoms. The van der Waals surface area contributed by atoms with Gasteiger partial charge in [0.15, 0.2) is 0 Å². The summed E-state index contributed by atoms with van der Waals surface area (Å²) in [5.41, 5.74) is 1.03. The first-order chi connectivity index (χ1) is 10.9. The summed E-state index contributed by atoms with van der Waals surface area (Å²) in [4.78, 5) is 12.3. The predicted octanol–water partition coefficient (Wildman–Crippen LogP) is 3.40. The van der Waals surface area contributed by atoms with Gasteiger partial charge in [-0.1, -0.05) is 20.8 Å². The minimum Gasteiger partial charge on any atom is -0.380 e. The molecule has 0 radical (unpaired) electrons. The van der Waals surface area contributed by atoms with Crippen LogP contribution < -0.4 is 10.9 Å².